The zero-order valence-corrected chi connectivity index (χ0v) is 9.67. The Labute approximate surface area is 92.0 Å². The molecule has 3 nitrogen and oxygen atoms in total. The molecule has 0 spiro atoms. The van der Waals surface area contributed by atoms with Gasteiger partial charge in [0.2, 0.25) is 5.91 Å². The molecule has 1 amide bonds. The normalized spacial score (nSPS) is 24.1. The molecule has 0 atom stereocenters. The van der Waals surface area contributed by atoms with Gasteiger partial charge in [-0.05, 0) is 38.0 Å². The van der Waals surface area contributed by atoms with Crippen LogP contribution in [0.4, 0.5) is 0 Å². The molecular formula is C12H22N2O. The van der Waals surface area contributed by atoms with E-state index < -0.39 is 0 Å². The van der Waals surface area contributed by atoms with Crippen molar-refractivity contribution >= 4 is 5.91 Å². The van der Waals surface area contributed by atoms with Crippen LogP contribution >= 0.6 is 0 Å². The minimum absolute atomic E-state index is 0.162. The van der Waals surface area contributed by atoms with Crippen LogP contribution in [0.3, 0.4) is 0 Å². The molecule has 2 N–H and O–H groups in total. The lowest BCUT2D eigenvalue weighted by Gasteiger charge is -2.39. The van der Waals surface area contributed by atoms with Gasteiger partial charge in [-0.3, -0.25) is 4.79 Å². The van der Waals surface area contributed by atoms with Crippen molar-refractivity contribution in [1.29, 1.82) is 0 Å². The lowest BCUT2D eigenvalue weighted by Crippen LogP contribution is -2.50. The summed E-state index contributed by atoms with van der Waals surface area (Å²) in [5, 5.41) is 0. The zero-order valence-electron chi connectivity index (χ0n) is 9.67. The average Bonchev–Trinajstić information content (AvgIpc) is 2.08. The van der Waals surface area contributed by atoms with Crippen LogP contribution < -0.4 is 5.73 Å². The van der Waals surface area contributed by atoms with Gasteiger partial charge in [-0.1, -0.05) is 6.42 Å². The highest BCUT2D eigenvalue weighted by atomic mass is 16.2. The Kier molecular flexibility index (Phi) is 3.01. The summed E-state index contributed by atoms with van der Waals surface area (Å²) in [6.07, 6.45) is 7.72. The monoisotopic (exact) mass is 210 g/mol. The number of rotatable bonds is 4. The van der Waals surface area contributed by atoms with Crippen LogP contribution in [-0.2, 0) is 4.79 Å². The minimum Gasteiger partial charge on any atom is -0.345 e. The Hall–Kier alpha value is -0.570. The maximum absolute atomic E-state index is 11.9. The molecule has 0 aliphatic heterocycles. The van der Waals surface area contributed by atoms with Crippen molar-refractivity contribution in [3.8, 4) is 0 Å². The van der Waals surface area contributed by atoms with Crippen LogP contribution in [0.5, 0.6) is 0 Å². The molecule has 2 fully saturated rings. The third kappa shape index (κ3) is 2.51. The lowest BCUT2D eigenvalue weighted by atomic mass is 9.75. The Morgan fingerprint density at radius 3 is 2.47 bits per heavy atom. The summed E-state index contributed by atoms with van der Waals surface area (Å²) in [6.45, 7) is 0.939. The molecule has 0 aromatic carbocycles. The summed E-state index contributed by atoms with van der Waals surface area (Å²) in [6, 6.07) is 0. The van der Waals surface area contributed by atoms with Gasteiger partial charge in [0, 0.05) is 25.6 Å². The van der Waals surface area contributed by atoms with Gasteiger partial charge in [0.1, 0.15) is 0 Å². The van der Waals surface area contributed by atoms with Gasteiger partial charge in [0.05, 0.1) is 0 Å². The zero-order chi connectivity index (χ0) is 10.9. The Morgan fingerprint density at radius 2 is 2.07 bits per heavy atom. The summed E-state index contributed by atoms with van der Waals surface area (Å²) < 4.78 is 0. The molecule has 3 heteroatoms. The summed E-state index contributed by atoms with van der Waals surface area (Å²) >= 11 is 0. The summed E-state index contributed by atoms with van der Waals surface area (Å²) in [7, 11) is 1.92. The van der Waals surface area contributed by atoms with E-state index in [9.17, 15) is 4.79 Å². The Bertz CT molecular complexity index is 244. The quantitative estimate of drug-likeness (QED) is 0.764. The largest absolute Gasteiger partial charge is 0.345 e. The molecule has 2 aliphatic rings. The van der Waals surface area contributed by atoms with E-state index in [1.807, 2.05) is 11.9 Å². The topological polar surface area (TPSA) is 46.3 Å². The van der Waals surface area contributed by atoms with Crippen LogP contribution in [0.25, 0.3) is 0 Å². The number of nitrogens with zero attached hydrogens (tertiary/aromatic N) is 1. The molecule has 0 bridgehead atoms. The molecule has 86 valence electrons. The SMILES string of the molecule is CN(CC1CCC1)C(=O)CC1(N)CCC1. The first-order valence-electron chi connectivity index (χ1n) is 6.12. The first-order chi connectivity index (χ1) is 7.09. The van der Waals surface area contributed by atoms with Crippen molar-refractivity contribution in [2.75, 3.05) is 13.6 Å². The second-order valence-corrected chi connectivity index (χ2v) is 5.46. The van der Waals surface area contributed by atoms with Crippen LogP contribution in [0.1, 0.15) is 44.9 Å². The van der Waals surface area contributed by atoms with E-state index in [0.717, 1.165) is 25.3 Å². The number of carbonyl (C=O) groups excluding carboxylic acids is 1. The molecule has 15 heavy (non-hydrogen) atoms. The predicted molar refractivity (Wildman–Crippen MR) is 60.4 cm³/mol. The number of nitrogens with two attached hydrogens (primary N) is 1. The number of hydrogen-bond acceptors (Lipinski definition) is 2. The number of carbonyl (C=O) groups is 1. The van der Waals surface area contributed by atoms with Gasteiger partial charge in [0.15, 0.2) is 0 Å². The van der Waals surface area contributed by atoms with Crippen LogP contribution in [0, 0.1) is 5.92 Å². The lowest BCUT2D eigenvalue weighted by molar-refractivity contribution is -0.132. The highest BCUT2D eigenvalue weighted by Gasteiger charge is 2.35. The third-order valence-electron chi connectivity index (χ3n) is 4.04. The smallest absolute Gasteiger partial charge is 0.224 e. The summed E-state index contributed by atoms with van der Waals surface area (Å²) in [4.78, 5) is 13.8. The molecular weight excluding hydrogens is 188 g/mol. The predicted octanol–water partition coefficient (Wildman–Crippen LogP) is 1.52. The van der Waals surface area contributed by atoms with E-state index in [1.165, 1.54) is 25.7 Å². The molecule has 2 saturated carbocycles. The molecule has 0 aromatic rings. The molecule has 0 radical (unpaired) electrons. The van der Waals surface area contributed by atoms with Crippen molar-refractivity contribution in [3.05, 3.63) is 0 Å². The highest BCUT2D eigenvalue weighted by molar-refractivity contribution is 5.77. The first kappa shape index (κ1) is 10.9. The van der Waals surface area contributed by atoms with Crippen LogP contribution in [0.15, 0.2) is 0 Å². The highest BCUT2D eigenvalue weighted by Crippen LogP contribution is 2.33. The van der Waals surface area contributed by atoms with Gasteiger partial charge in [-0.25, -0.2) is 0 Å². The Balaban J connectivity index is 1.73. The number of hydrogen-bond donors (Lipinski definition) is 1. The van der Waals surface area contributed by atoms with Gasteiger partial charge in [-0.2, -0.15) is 0 Å². The van der Waals surface area contributed by atoms with Crippen molar-refractivity contribution in [3.63, 3.8) is 0 Å². The van der Waals surface area contributed by atoms with Crippen molar-refractivity contribution in [2.24, 2.45) is 11.7 Å². The fourth-order valence-electron chi connectivity index (χ4n) is 2.41. The van der Waals surface area contributed by atoms with Crippen LogP contribution in [0.2, 0.25) is 0 Å². The fourth-order valence-corrected chi connectivity index (χ4v) is 2.41. The van der Waals surface area contributed by atoms with Gasteiger partial charge >= 0.3 is 0 Å². The van der Waals surface area contributed by atoms with Gasteiger partial charge < -0.3 is 10.6 Å². The molecule has 0 unspecified atom stereocenters. The minimum atomic E-state index is -0.162. The molecule has 0 aromatic heterocycles. The van der Waals surface area contributed by atoms with Gasteiger partial charge in [0.25, 0.3) is 0 Å². The second-order valence-electron chi connectivity index (χ2n) is 5.46. The van der Waals surface area contributed by atoms with E-state index in [2.05, 4.69) is 0 Å². The summed E-state index contributed by atoms with van der Waals surface area (Å²) in [5.41, 5.74) is 5.91. The fraction of sp³-hybridized carbons (Fsp3) is 0.917. The maximum atomic E-state index is 11.9. The summed E-state index contributed by atoms with van der Waals surface area (Å²) in [5.74, 6) is 0.998. The molecule has 0 heterocycles. The van der Waals surface area contributed by atoms with Crippen LogP contribution in [-0.4, -0.2) is 29.9 Å². The molecule has 2 rings (SSSR count). The first-order valence-corrected chi connectivity index (χ1v) is 6.12. The van der Waals surface area contributed by atoms with Gasteiger partial charge in [-0.15, -0.1) is 0 Å². The van der Waals surface area contributed by atoms with Crippen molar-refractivity contribution in [2.45, 2.75) is 50.5 Å². The van der Waals surface area contributed by atoms with Crippen molar-refractivity contribution < 1.29 is 4.79 Å². The van der Waals surface area contributed by atoms with E-state index in [-0.39, 0.29) is 11.4 Å². The third-order valence-corrected chi connectivity index (χ3v) is 4.04. The maximum Gasteiger partial charge on any atom is 0.224 e. The van der Waals surface area contributed by atoms with E-state index in [4.69, 9.17) is 5.73 Å². The molecule has 2 aliphatic carbocycles. The van der Waals surface area contributed by atoms with E-state index >= 15 is 0 Å². The standard InChI is InChI=1S/C12H22N2O/c1-14(9-10-4-2-5-10)11(15)8-12(13)6-3-7-12/h10H,2-9,13H2,1H3. The number of amides is 1. The van der Waals surface area contributed by atoms with E-state index in [0.29, 0.717) is 6.42 Å². The average molecular weight is 210 g/mol. The second kappa shape index (κ2) is 4.12. The Morgan fingerprint density at radius 1 is 1.40 bits per heavy atom. The molecule has 0 saturated heterocycles. The van der Waals surface area contributed by atoms with E-state index in [1.54, 1.807) is 0 Å². The van der Waals surface area contributed by atoms with Crippen molar-refractivity contribution in [1.82, 2.24) is 4.90 Å².